The summed E-state index contributed by atoms with van der Waals surface area (Å²) in [7, 11) is 0. The van der Waals surface area contributed by atoms with Gasteiger partial charge in [-0.1, -0.05) is 12.1 Å². The van der Waals surface area contributed by atoms with E-state index in [9.17, 15) is 4.39 Å². The van der Waals surface area contributed by atoms with Gasteiger partial charge in [-0.25, -0.2) is 4.39 Å². The van der Waals surface area contributed by atoms with Crippen LogP contribution in [0.3, 0.4) is 0 Å². The van der Waals surface area contributed by atoms with Crippen molar-refractivity contribution in [2.75, 3.05) is 18.6 Å². The summed E-state index contributed by atoms with van der Waals surface area (Å²) in [5.41, 5.74) is 1.14. The SMILES string of the molecule is CSCCCCNC(C)c1ccc(F)cc1. The Morgan fingerprint density at radius 3 is 2.56 bits per heavy atom. The molecular formula is C13H20FNS. The second-order valence-corrected chi connectivity index (χ2v) is 4.91. The topological polar surface area (TPSA) is 12.0 Å². The van der Waals surface area contributed by atoms with Gasteiger partial charge in [-0.05, 0) is 56.0 Å². The summed E-state index contributed by atoms with van der Waals surface area (Å²) in [6, 6.07) is 7.02. The summed E-state index contributed by atoms with van der Waals surface area (Å²) < 4.78 is 12.7. The van der Waals surface area contributed by atoms with Gasteiger partial charge in [0.25, 0.3) is 0 Å². The Hall–Kier alpha value is -0.540. The molecule has 1 unspecified atom stereocenters. The molecule has 0 aliphatic heterocycles. The van der Waals surface area contributed by atoms with E-state index in [2.05, 4.69) is 18.5 Å². The van der Waals surface area contributed by atoms with E-state index >= 15 is 0 Å². The highest BCUT2D eigenvalue weighted by atomic mass is 32.2. The lowest BCUT2D eigenvalue weighted by molar-refractivity contribution is 0.553. The zero-order chi connectivity index (χ0) is 11.8. The average molecular weight is 241 g/mol. The molecule has 0 aromatic heterocycles. The van der Waals surface area contributed by atoms with E-state index in [0.717, 1.165) is 12.1 Å². The molecule has 3 heteroatoms. The number of hydrogen-bond donors (Lipinski definition) is 1. The Kier molecular flexibility index (Phi) is 6.50. The number of hydrogen-bond acceptors (Lipinski definition) is 2. The number of nitrogens with one attached hydrogen (secondary N) is 1. The van der Waals surface area contributed by atoms with Crippen molar-refractivity contribution in [3.63, 3.8) is 0 Å². The van der Waals surface area contributed by atoms with E-state index in [0.29, 0.717) is 6.04 Å². The fraction of sp³-hybridized carbons (Fsp3) is 0.538. The molecule has 0 saturated heterocycles. The maximum absolute atomic E-state index is 12.7. The molecule has 0 fully saturated rings. The third-order valence-electron chi connectivity index (χ3n) is 2.60. The molecule has 1 atom stereocenters. The molecule has 1 aromatic carbocycles. The van der Waals surface area contributed by atoms with Crippen LogP contribution >= 0.6 is 11.8 Å². The van der Waals surface area contributed by atoms with E-state index in [4.69, 9.17) is 0 Å². The van der Waals surface area contributed by atoms with Crippen molar-refractivity contribution in [3.8, 4) is 0 Å². The van der Waals surface area contributed by atoms with Crippen LogP contribution in [0.1, 0.15) is 31.4 Å². The van der Waals surface area contributed by atoms with Crippen molar-refractivity contribution in [3.05, 3.63) is 35.6 Å². The van der Waals surface area contributed by atoms with Crippen molar-refractivity contribution >= 4 is 11.8 Å². The smallest absolute Gasteiger partial charge is 0.123 e. The fourth-order valence-corrected chi connectivity index (χ4v) is 2.05. The standard InChI is InChI=1S/C13H20FNS/c1-11(15-9-3-4-10-16-2)12-5-7-13(14)8-6-12/h5-8,11,15H,3-4,9-10H2,1-2H3. The Morgan fingerprint density at radius 2 is 1.94 bits per heavy atom. The van der Waals surface area contributed by atoms with Gasteiger partial charge in [0.2, 0.25) is 0 Å². The molecule has 0 bridgehead atoms. The third-order valence-corrected chi connectivity index (χ3v) is 3.29. The maximum atomic E-state index is 12.7. The first-order valence-corrected chi connectivity index (χ1v) is 7.11. The molecule has 1 rings (SSSR count). The van der Waals surface area contributed by atoms with E-state index in [1.54, 1.807) is 0 Å². The van der Waals surface area contributed by atoms with Gasteiger partial charge in [0.15, 0.2) is 0 Å². The third kappa shape index (κ3) is 4.99. The minimum atomic E-state index is -0.170. The predicted octanol–water partition coefficient (Wildman–Crippen LogP) is 3.62. The van der Waals surface area contributed by atoms with Gasteiger partial charge in [0.1, 0.15) is 5.82 Å². The fourth-order valence-electron chi connectivity index (χ4n) is 1.56. The molecular weight excluding hydrogens is 221 g/mol. The summed E-state index contributed by atoms with van der Waals surface area (Å²) in [4.78, 5) is 0. The lowest BCUT2D eigenvalue weighted by Gasteiger charge is -2.13. The normalized spacial score (nSPS) is 12.7. The van der Waals surface area contributed by atoms with Crippen LogP contribution in [0.2, 0.25) is 0 Å². The average Bonchev–Trinajstić information content (AvgIpc) is 2.29. The van der Waals surface area contributed by atoms with Crippen LogP contribution in [0.5, 0.6) is 0 Å². The zero-order valence-electron chi connectivity index (χ0n) is 10.0. The van der Waals surface area contributed by atoms with Gasteiger partial charge in [-0.2, -0.15) is 11.8 Å². The van der Waals surface area contributed by atoms with Gasteiger partial charge in [-0.3, -0.25) is 0 Å². The molecule has 1 nitrogen and oxygen atoms in total. The van der Waals surface area contributed by atoms with Crippen molar-refractivity contribution in [1.29, 1.82) is 0 Å². The Bertz CT molecular complexity index is 286. The highest BCUT2D eigenvalue weighted by Gasteiger charge is 2.03. The van der Waals surface area contributed by atoms with Gasteiger partial charge >= 0.3 is 0 Å². The van der Waals surface area contributed by atoms with Crippen LogP contribution in [-0.4, -0.2) is 18.6 Å². The summed E-state index contributed by atoms with van der Waals surface area (Å²) in [5.74, 6) is 1.06. The molecule has 0 saturated carbocycles. The molecule has 1 N–H and O–H groups in total. The molecule has 0 amide bonds. The lowest BCUT2D eigenvalue weighted by atomic mass is 10.1. The van der Waals surface area contributed by atoms with E-state index in [1.165, 1.54) is 30.7 Å². The minimum Gasteiger partial charge on any atom is -0.310 e. The number of unbranched alkanes of at least 4 members (excludes halogenated alkanes) is 1. The van der Waals surface area contributed by atoms with Crippen LogP contribution in [-0.2, 0) is 0 Å². The molecule has 0 heterocycles. The lowest BCUT2D eigenvalue weighted by Crippen LogP contribution is -2.19. The number of thioether (sulfide) groups is 1. The minimum absolute atomic E-state index is 0.170. The number of halogens is 1. The summed E-state index contributed by atoms with van der Waals surface area (Å²) in [6.45, 7) is 3.14. The first-order chi connectivity index (χ1) is 7.74. The van der Waals surface area contributed by atoms with Crippen LogP contribution in [0.25, 0.3) is 0 Å². The molecule has 0 aliphatic carbocycles. The van der Waals surface area contributed by atoms with Crippen molar-refractivity contribution in [2.24, 2.45) is 0 Å². The van der Waals surface area contributed by atoms with Crippen LogP contribution in [0.4, 0.5) is 4.39 Å². The van der Waals surface area contributed by atoms with Crippen molar-refractivity contribution < 1.29 is 4.39 Å². The highest BCUT2D eigenvalue weighted by molar-refractivity contribution is 7.98. The van der Waals surface area contributed by atoms with Crippen molar-refractivity contribution in [2.45, 2.75) is 25.8 Å². The zero-order valence-corrected chi connectivity index (χ0v) is 10.8. The first kappa shape index (κ1) is 13.5. The van der Waals surface area contributed by atoms with Crippen LogP contribution in [0, 0.1) is 5.82 Å². The Balaban J connectivity index is 2.24. The van der Waals surface area contributed by atoms with Gasteiger partial charge < -0.3 is 5.32 Å². The quantitative estimate of drug-likeness (QED) is 0.732. The maximum Gasteiger partial charge on any atom is 0.123 e. The van der Waals surface area contributed by atoms with Crippen LogP contribution < -0.4 is 5.32 Å². The molecule has 0 spiro atoms. The van der Waals surface area contributed by atoms with Crippen molar-refractivity contribution in [1.82, 2.24) is 5.32 Å². The molecule has 0 aliphatic rings. The Morgan fingerprint density at radius 1 is 1.25 bits per heavy atom. The molecule has 16 heavy (non-hydrogen) atoms. The highest BCUT2D eigenvalue weighted by Crippen LogP contribution is 2.12. The number of benzene rings is 1. The van der Waals surface area contributed by atoms with Gasteiger partial charge in [-0.15, -0.1) is 0 Å². The molecule has 0 radical (unpaired) electrons. The van der Waals surface area contributed by atoms with E-state index < -0.39 is 0 Å². The first-order valence-electron chi connectivity index (χ1n) is 5.72. The van der Waals surface area contributed by atoms with Gasteiger partial charge in [0.05, 0.1) is 0 Å². The second-order valence-electron chi connectivity index (χ2n) is 3.93. The van der Waals surface area contributed by atoms with Gasteiger partial charge in [0, 0.05) is 6.04 Å². The molecule has 1 aromatic rings. The Labute approximate surface area is 102 Å². The largest absolute Gasteiger partial charge is 0.310 e. The second kappa shape index (κ2) is 7.69. The summed E-state index contributed by atoms with van der Waals surface area (Å²) in [6.07, 6.45) is 4.59. The molecule has 90 valence electrons. The van der Waals surface area contributed by atoms with E-state index in [1.807, 2.05) is 23.9 Å². The number of rotatable bonds is 7. The predicted molar refractivity (Wildman–Crippen MR) is 70.4 cm³/mol. The monoisotopic (exact) mass is 241 g/mol. The van der Waals surface area contributed by atoms with E-state index in [-0.39, 0.29) is 5.82 Å². The summed E-state index contributed by atoms with van der Waals surface area (Å²) >= 11 is 1.89. The van der Waals surface area contributed by atoms with Crippen LogP contribution in [0.15, 0.2) is 24.3 Å². The summed E-state index contributed by atoms with van der Waals surface area (Å²) in [5, 5.41) is 3.45.